The van der Waals surface area contributed by atoms with Gasteiger partial charge in [-0.2, -0.15) is 0 Å². The minimum Gasteiger partial charge on any atom is -0.391 e. The van der Waals surface area contributed by atoms with Crippen LogP contribution in [-0.4, -0.2) is 24.8 Å². The highest BCUT2D eigenvalue weighted by molar-refractivity contribution is 5.87. The van der Waals surface area contributed by atoms with Crippen LogP contribution in [0.4, 0.5) is 8.78 Å². The number of carbonyl (C=O) groups is 2. The maximum Gasteiger partial charge on any atom is 0.348 e. The van der Waals surface area contributed by atoms with Crippen molar-refractivity contribution in [1.29, 1.82) is 0 Å². The Kier molecular flexibility index (Phi) is 4.33. The Hall–Kier alpha value is -1.00. The van der Waals surface area contributed by atoms with Crippen LogP contribution in [0.1, 0.15) is 13.3 Å². The van der Waals surface area contributed by atoms with E-state index in [-0.39, 0.29) is 0 Å². The number of ether oxygens (including phenoxy) is 1. The Balaban J connectivity index is 3.67. The predicted octanol–water partition coefficient (Wildman–Crippen LogP) is 0.774. The van der Waals surface area contributed by atoms with Gasteiger partial charge in [0, 0.05) is 0 Å². The molecule has 0 aliphatic heterocycles. The molecule has 0 saturated carbocycles. The molecule has 0 heterocycles. The van der Waals surface area contributed by atoms with Gasteiger partial charge in [-0.1, -0.05) is 0 Å². The normalized spacial score (nSPS) is 12.3. The van der Waals surface area contributed by atoms with E-state index in [1.54, 1.807) is 0 Å². The highest BCUT2D eigenvalue weighted by Gasteiger charge is 2.16. The summed E-state index contributed by atoms with van der Waals surface area (Å²) in [4.78, 5) is 20.6. The van der Waals surface area contributed by atoms with Gasteiger partial charge in [0.25, 0.3) is 0 Å². The van der Waals surface area contributed by atoms with E-state index in [1.165, 1.54) is 0 Å². The number of alkyl halides is 2. The van der Waals surface area contributed by atoms with E-state index in [4.69, 9.17) is 0 Å². The minimum absolute atomic E-state index is 0.515. The van der Waals surface area contributed by atoms with E-state index >= 15 is 0 Å². The van der Waals surface area contributed by atoms with Crippen LogP contribution in [-0.2, 0) is 14.3 Å². The first kappa shape index (κ1) is 10.0. The molecular weight excluding hydrogens is 158 g/mol. The molecule has 0 rings (SSSR count). The second-order valence-corrected chi connectivity index (χ2v) is 1.85. The van der Waals surface area contributed by atoms with Crippen molar-refractivity contribution in [2.75, 3.05) is 6.67 Å². The molecule has 3 nitrogen and oxygen atoms in total. The lowest BCUT2D eigenvalue weighted by molar-refractivity contribution is -0.163. The smallest absolute Gasteiger partial charge is 0.348 e. The molecule has 0 spiro atoms. The lowest BCUT2D eigenvalue weighted by atomic mass is 10.4. The molecule has 0 aromatic carbocycles. The summed E-state index contributed by atoms with van der Waals surface area (Å²) in [7, 11) is 0. The second kappa shape index (κ2) is 4.76. The summed E-state index contributed by atoms with van der Waals surface area (Å²) >= 11 is 0. The lowest BCUT2D eigenvalue weighted by Crippen LogP contribution is -2.19. The van der Waals surface area contributed by atoms with E-state index in [0.29, 0.717) is 0 Å². The molecule has 0 saturated heterocycles. The van der Waals surface area contributed by atoms with Gasteiger partial charge in [-0.15, -0.1) is 0 Å². The third kappa shape index (κ3) is 4.41. The molecule has 0 aromatic rings. The summed E-state index contributed by atoms with van der Waals surface area (Å²) in [6.45, 7) is 0.0256. The summed E-state index contributed by atoms with van der Waals surface area (Å²) < 4.78 is 27.2. The number of esters is 2. The summed E-state index contributed by atoms with van der Waals surface area (Å²) in [5, 5.41) is 0. The van der Waals surface area contributed by atoms with Crippen LogP contribution < -0.4 is 0 Å². The number of rotatable bonds is 3. The monoisotopic (exact) mass is 166 g/mol. The molecule has 11 heavy (non-hydrogen) atoms. The standard InChI is InChI=1S/C6H8F2O3/c1-4(8)6(10)11-5(9)2-3-7/h4H,2-3H2,1H3. The largest absolute Gasteiger partial charge is 0.391 e. The van der Waals surface area contributed by atoms with Gasteiger partial charge in [0.05, 0.1) is 13.1 Å². The van der Waals surface area contributed by atoms with Gasteiger partial charge in [0.2, 0.25) is 0 Å². The molecule has 0 bridgehead atoms. The molecule has 0 aliphatic rings. The molecule has 0 N–H and O–H groups in total. The zero-order valence-corrected chi connectivity index (χ0v) is 5.97. The van der Waals surface area contributed by atoms with Crippen LogP contribution in [0.15, 0.2) is 0 Å². The molecule has 0 radical (unpaired) electrons. The van der Waals surface area contributed by atoms with Gasteiger partial charge in [-0.05, 0) is 6.92 Å². The first-order chi connectivity index (χ1) is 5.07. The van der Waals surface area contributed by atoms with Crippen molar-refractivity contribution in [1.82, 2.24) is 0 Å². The van der Waals surface area contributed by atoms with Gasteiger partial charge >= 0.3 is 11.9 Å². The van der Waals surface area contributed by atoms with E-state index in [0.717, 1.165) is 6.92 Å². The first-order valence-corrected chi connectivity index (χ1v) is 3.02. The predicted molar refractivity (Wildman–Crippen MR) is 32.3 cm³/mol. The van der Waals surface area contributed by atoms with Gasteiger partial charge in [-0.25, -0.2) is 9.18 Å². The van der Waals surface area contributed by atoms with Crippen molar-refractivity contribution in [3.05, 3.63) is 0 Å². The number of hydrogen-bond acceptors (Lipinski definition) is 3. The molecule has 64 valence electrons. The van der Waals surface area contributed by atoms with Gasteiger partial charge in [0.15, 0.2) is 6.17 Å². The van der Waals surface area contributed by atoms with Crippen molar-refractivity contribution in [3.63, 3.8) is 0 Å². The fourth-order valence-corrected chi connectivity index (χ4v) is 0.322. The summed E-state index contributed by atoms with van der Waals surface area (Å²) in [5.74, 6) is -2.31. The Bertz CT molecular complexity index is 156. The van der Waals surface area contributed by atoms with Crippen molar-refractivity contribution in [2.45, 2.75) is 19.5 Å². The summed E-state index contributed by atoms with van der Waals surface area (Å²) in [5.41, 5.74) is 0. The van der Waals surface area contributed by atoms with Gasteiger partial charge < -0.3 is 4.74 Å². The number of halogens is 2. The average molecular weight is 166 g/mol. The van der Waals surface area contributed by atoms with Crippen LogP contribution in [0.2, 0.25) is 0 Å². The van der Waals surface area contributed by atoms with Crippen LogP contribution in [0.5, 0.6) is 0 Å². The zero-order chi connectivity index (χ0) is 8.85. The second-order valence-electron chi connectivity index (χ2n) is 1.85. The molecular formula is C6H8F2O3. The lowest BCUT2D eigenvalue weighted by Gasteiger charge is -2.00. The van der Waals surface area contributed by atoms with Crippen molar-refractivity contribution < 1.29 is 23.1 Å². The molecule has 1 atom stereocenters. The number of hydrogen-bond donors (Lipinski definition) is 0. The molecule has 0 aliphatic carbocycles. The van der Waals surface area contributed by atoms with E-state index in [9.17, 15) is 18.4 Å². The van der Waals surface area contributed by atoms with E-state index in [1.807, 2.05) is 0 Å². The van der Waals surface area contributed by atoms with Crippen LogP contribution in [0.3, 0.4) is 0 Å². The van der Waals surface area contributed by atoms with Crippen molar-refractivity contribution in [2.24, 2.45) is 0 Å². The Labute approximate surface area is 62.3 Å². The fraction of sp³-hybridized carbons (Fsp3) is 0.667. The van der Waals surface area contributed by atoms with Gasteiger partial charge in [-0.3, -0.25) is 9.18 Å². The van der Waals surface area contributed by atoms with Crippen LogP contribution >= 0.6 is 0 Å². The minimum atomic E-state index is -1.85. The third-order valence-corrected chi connectivity index (χ3v) is 0.838. The Morgan fingerprint density at radius 3 is 2.45 bits per heavy atom. The van der Waals surface area contributed by atoms with Crippen molar-refractivity contribution in [3.8, 4) is 0 Å². The highest BCUT2D eigenvalue weighted by atomic mass is 19.1. The molecule has 0 fully saturated rings. The van der Waals surface area contributed by atoms with Crippen LogP contribution in [0.25, 0.3) is 0 Å². The molecule has 5 heteroatoms. The van der Waals surface area contributed by atoms with Gasteiger partial charge in [0.1, 0.15) is 0 Å². The maximum absolute atomic E-state index is 12.0. The first-order valence-electron chi connectivity index (χ1n) is 3.02. The number of carbonyl (C=O) groups excluding carboxylic acids is 2. The zero-order valence-electron chi connectivity index (χ0n) is 5.97. The fourth-order valence-electron chi connectivity index (χ4n) is 0.322. The van der Waals surface area contributed by atoms with E-state index < -0.39 is 31.2 Å². The van der Waals surface area contributed by atoms with Crippen LogP contribution in [0, 0.1) is 0 Å². The molecule has 1 unspecified atom stereocenters. The molecule has 0 aromatic heterocycles. The maximum atomic E-state index is 12.0. The molecule has 0 amide bonds. The van der Waals surface area contributed by atoms with E-state index in [2.05, 4.69) is 4.74 Å². The summed E-state index contributed by atoms with van der Waals surface area (Å²) in [6.07, 6.45) is -2.36. The topological polar surface area (TPSA) is 43.4 Å². The Morgan fingerprint density at radius 2 is 2.09 bits per heavy atom. The highest BCUT2D eigenvalue weighted by Crippen LogP contribution is 1.95. The third-order valence-electron chi connectivity index (χ3n) is 0.838. The average Bonchev–Trinajstić information content (AvgIpc) is 1.87. The quantitative estimate of drug-likeness (QED) is 0.459. The Morgan fingerprint density at radius 1 is 1.55 bits per heavy atom. The summed E-state index contributed by atoms with van der Waals surface area (Å²) in [6, 6.07) is 0. The SMILES string of the molecule is CC(F)C(=O)OC(=O)CCF. The van der Waals surface area contributed by atoms with Crippen molar-refractivity contribution >= 4 is 11.9 Å².